The van der Waals surface area contributed by atoms with Gasteiger partial charge in [-0.2, -0.15) is 9.41 Å². The Hall–Kier alpha value is -1.59. The number of hydrogen-bond acceptors (Lipinski definition) is 5. The van der Waals surface area contributed by atoms with Crippen LogP contribution in [0.1, 0.15) is 4.88 Å². The third-order valence-corrected chi connectivity index (χ3v) is 7.46. The number of sulfonamides is 1. The summed E-state index contributed by atoms with van der Waals surface area (Å²) in [6.45, 7) is 2.21. The minimum Gasteiger partial charge on any atom is -0.325 e. The number of hydrogen-bond donors (Lipinski definition) is 2. The van der Waals surface area contributed by atoms with E-state index in [4.69, 9.17) is 0 Å². The molecule has 144 valence electrons. The molecular formula is C17H20BrN4O3S2+. The zero-order valence-corrected chi connectivity index (χ0v) is 17.7. The van der Waals surface area contributed by atoms with Crippen LogP contribution >= 0.6 is 27.3 Å². The van der Waals surface area contributed by atoms with Crippen LogP contribution in [0.15, 0.2) is 56.2 Å². The first-order valence-corrected chi connectivity index (χ1v) is 11.5. The maximum absolute atomic E-state index is 12.7. The van der Waals surface area contributed by atoms with Crippen molar-refractivity contribution in [2.75, 3.05) is 32.7 Å². The topological polar surface area (TPSA) is 83.3 Å². The van der Waals surface area contributed by atoms with Crippen LogP contribution in [0.4, 0.5) is 0 Å². The lowest BCUT2D eigenvalue weighted by molar-refractivity contribution is -0.895. The molecule has 3 rings (SSSR count). The van der Waals surface area contributed by atoms with E-state index in [-0.39, 0.29) is 17.3 Å². The van der Waals surface area contributed by atoms with E-state index in [2.05, 4.69) is 26.5 Å². The van der Waals surface area contributed by atoms with E-state index in [1.807, 2.05) is 17.5 Å². The maximum atomic E-state index is 12.7. The average Bonchev–Trinajstić information content (AvgIpc) is 3.16. The Balaban J connectivity index is 1.48. The molecule has 27 heavy (non-hydrogen) atoms. The van der Waals surface area contributed by atoms with Gasteiger partial charge in [0, 0.05) is 9.35 Å². The second kappa shape index (κ2) is 9.07. The molecule has 1 fully saturated rings. The van der Waals surface area contributed by atoms with Crippen molar-refractivity contribution in [1.82, 2.24) is 9.73 Å². The Morgan fingerprint density at radius 1 is 1.26 bits per heavy atom. The minimum atomic E-state index is -3.49. The van der Waals surface area contributed by atoms with Crippen LogP contribution in [-0.4, -0.2) is 57.6 Å². The van der Waals surface area contributed by atoms with E-state index in [1.54, 1.807) is 41.8 Å². The lowest BCUT2D eigenvalue weighted by Crippen LogP contribution is -3.15. The highest BCUT2D eigenvalue weighted by Gasteiger charge is 2.31. The standard InChI is InChI=1S/C17H19BrN4O3S2/c18-14-3-5-16(6-4-14)27(24,25)22-9-7-21(8-10-22)13-17(23)20-19-12-15-2-1-11-26-15/h1-6,11-12H,7-10,13H2,(H,20,23)/p+1/b19-12+. The summed E-state index contributed by atoms with van der Waals surface area (Å²) in [7, 11) is -3.49. The third-order valence-electron chi connectivity index (χ3n) is 4.22. The molecule has 1 aromatic heterocycles. The second-order valence-electron chi connectivity index (χ2n) is 6.09. The molecule has 1 saturated heterocycles. The Bertz CT molecular complexity index is 891. The number of halogens is 1. The van der Waals surface area contributed by atoms with Crippen molar-refractivity contribution >= 4 is 49.4 Å². The van der Waals surface area contributed by atoms with Crippen molar-refractivity contribution in [3.05, 3.63) is 51.1 Å². The van der Waals surface area contributed by atoms with Gasteiger partial charge in [-0.15, -0.1) is 11.3 Å². The van der Waals surface area contributed by atoms with Crippen LogP contribution in [0.25, 0.3) is 0 Å². The van der Waals surface area contributed by atoms with Crippen molar-refractivity contribution in [2.45, 2.75) is 4.90 Å². The first-order valence-electron chi connectivity index (χ1n) is 8.40. The van der Waals surface area contributed by atoms with E-state index in [0.29, 0.717) is 26.2 Å². The van der Waals surface area contributed by atoms with Gasteiger partial charge in [0.1, 0.15) is 0 Å². The van der Waals surface area contributed by atoms with Crippen molar-refractivity contribution in [1.29, 1.82) is 0 Å². The monoisotopic (exact) mass is 471 g/mol. The molecule has 0 bridgehead atoms. The van der Waals surface area contributed by atoms with E-state index in [9.17, 15) is 13.2 Å². The van der Waals surface area contributed by atoms with Crippen LogP contribution < -0.4 is 10.3 Å². The lowest BCUT2D eigenvalue weighted by atomic mass is 10.3. The van der Waals surface area contributed by atoms with Gasteiger partial charge in [0.25, 0.3) is 5.91 Å². The molecule has 2 N–H and O–H groups in total. The number of quaternary nitrogens is 1. The molecule has 0 spiro atoms. The van der Waals surface area contributed by atoms with Gasteiger partial charge in [-0.3, -0.25) is 4.79 Å². The molecule has 2 aromatic rings. The molecule has 0 saturated carbocycles. The fourth-order valence-electron chi connectivity index (χ4n) is 2.77. The SMILES string of the molecule is O=C(C[NH+]1CCN(S(=O)(=O)c2ccc(Br)cc2)CC1)N/N=C/c1cccs1. The summed E-state index contributed by atoms with van der Waals surface area (Å²) >= 11 is 4.85. The number of carbonyl (C=O) groups excluding carboxylic acids is 1. The highest BCUT2D eigenvalue weighted by atomic mass is 79.9. The predicted molar refractivity (Wildman–Crippen MR) is 109 cm³/mol. The second-order valence-corrected chi connectivity index (χ2v) is 9.93. The van der Waals surface area contributed by atoms with Crippen molar-refractivity contribution in [3.63, 3.8) is 0 Å². The third kappa shape index (κ3) is 5.45. The number of piperazine rings is 1. The fourth-order valence-corrected chi connectivity index (χ4v) is 5.07. The van der Waals surface area contributed by atoms with Gasteiger partial charge in [0.2, 0.25) is 10.0 Å². The molecule has 1 aromatic carbocycles. The summed E-state index contributed by atoms with van der Waals surface area (Å²) in [6.07, 6.45) is 1.61. The number of nitrogens with zero attached hydrogens (tertiary/aromatic N) is 2. The molecule has 0 atom stereocenters. The van der Waals surface area contributed by atoms with Crippen molar-refractivity contribution in [2.24, 2.45) is 5.10 Å². The number of hydrazone groups is 1. The summed E-state index contributed by atoms with van der Waals surface area (Å²) in [5, 5.41) is 5.88. The number of carbonyl (C=O) groups is 1. The Morgan fingerprint density at radius 3 is 2.59 bits per heavy atom. The molecule has 1 aliphatic rings. The number of nitrogens with one attached hydrogen (secondary N) is 2. The van der Waals surface area contributed by atoms with E-state index >= 15 is 0 Å². The van der Waals surface area contributed by atoms with Gasteiger partial charge in [0.15, 0.2) is 6.54 Å². The smallest absolute Gasteiger partial charge is 0.295 e. The van der Waals surface area contributed by atoms with Gasteiger partial charge in [0.05, 0.1) is 37.3 Å². The number of thiophene rings is 1. The number of rotatable bonds is 6. The van der Waals surface area contributed by atoms with Crippen molar-refractivity contribution in [3.8, 4) is 0 Å². The van der Waals surface area contributed by atoms with E-state index in [1.165, 1.54) is 4.31 Å². The van der Waals surface area contributed by atoms with E-state index in [0.717, 1.165) is 14.2 Å². The Labute approximate surface area is 170 Å². The molecule has 7 nitrogen and oxygen atoms in total. The summed E-state index contributed by atoms with van der Waals surface area (Å²) in [5.41, 5.74) is 2.52. The van der Waals surface area contributed by atoms with Gasteiger partial charge in [-0.05, 0) is 35.7 Å². The number of benzene rings is 1. The summed E-state index contributed by atoms with van der Waals surface area (Å²) in [5.74, 6) is -0.179. The maximum Gasteiger partial charge on any atom is 0.295 e. The van der Waals surface area contributed by atoms with Gasteiger partial charge < -0.3 is 4.90 Å². The lowest BCUT2D eigenvalue weighted by Gasteiger charge is -2.31. The van der Waals surface area contributed by atoms with Gasteiger partial charge in [-0.25, -0.2) is 13.8 Å². The summed E-state index contributed by atoms with van der Waals surface area (Å²) in [6, 6.07) is 10.5. The normalized spacial score (nSPS) is 16.6. The van der Waals surface area contributed by atoms with E-state index < -0.39 is 10.0 Å². The van der Waals surface area contributed by atoms with Gasteiger partial charge >= 0.3 is 0 Å². The minimum absolute atomic E-state index is 0.179. The highest BCUT2D eigenvalue weighted by molar-refractivity contribution is 9.10. The molecular weight excluding hydrogens is 452 g/mol. The molecule has 2 heterocycles. The van der Waals surface area contributed by atoms with Gasteiger partial charge in [-0.1, -0.05) is 22.0 Å². The van der Waals surface area contributed by atoms with Crippen LogP contribution in [0.2, 0.25) is 0 Å². The first kappa shape index (κ1) is 20.2. The van der Waals surface area contributed by atoms with Crippen LogP contribution in [0, 0.1) is 0 Å². The molecule has 0 radical (unpaired) electrons. The Morgan fingerprint density at radius 2 is 1.96 bits per heavy atom. The molecule has 10 heteroatoms. The summed E-state index contributed by atoms with van der Waals surface area (Å²) < 4.78 is 27.7. The zero-order valence-electron chi connectivity index (χ0n) is 14.5. The molecule has 1 amide bonds. The summed E-state index contributed by atoms with van der Waals surface area (Å²) in [4.78, 5) is 14.3. The quantitative estimate of drug-likeness (QED) is 0.476. The predicted octanol–water partition coefficient (Wildman–Crippen LogP) is 0.550. The van der Waals surface area contributed by atoms with Crippen LogP contribution in [0.5, 0.6) is 0 Å². The van der Waals surface area contributed by atoms with Crippen LogP contribution in [-0.2, 0) is 14.8 Å². The molecule has 0 aliphatic carbocycles. The fraction of sp³-hybridized carbons (Fsp3) is 0.294. The average molecular weight is 472 g/mol. The first-order chi connectivity index (χ1) is 12.9. The zero-order chi connectivity index (χ0) is 19.3. The van der Waals surface area contributed by atoms with Crippen LogP contribution in [0.3, 0.4) is 0 Å². The molecule has 1 aliphatic heterocycles. The van der Waals surface area contributed by atoms with Crippen molar-refractivity contribution < 1.29 is 18.1 Å². The number of amides is 1. The molecule has 0 unspecified atom stereocenters. The highest BCUT2D eigenvalue weighted by Crippen LogP contribution is 2.18. The largest absolute Gasteiger partial charge is 0.325 e. The Kier molecular flexibility index (Phi) is 6.77.